The number of ether oxygens (including phenoxy) is 1. The monoisotopic (exact) mass is 278 g/mol. The molecule has 0 saturated carbocycles. The molecule has 1 amide bonds. The maximum Gasteiger partial charge on any atom is 0.254 e. The van der Waals surface area contributed by atoms with Gasteiger partial charge in [0.05, 0.1) is 29.7 Å². The molecule has 1 heterocycles. The number of carbonyl (C=O) groups excluding carboxylic acids is 1. The number of rotatable bonds is 2. The highest BCUT2D eigenvalue weighted by atomic mass is 35.5. The van der Waals surface area contributed by atoms with Crippen LogP contribution >= 0.6 is 11.6 Å². The van der Waals surface area contributed by atoms with Gasteiger partial charge < -0.3 is 9.64 Å². The first-order valence-corrected chi connectivity index (χ1v) is 6.68. The van der Waals surface area contributed by atoms with Crippen LogP contribution in [-0.4, -0.2) is 42.0 Å². The van der Waals surface area contributed by atoms with E-state index in [1.807, 2.05) is 13.0 Å². The van der Waals surface area contributed by atoms with Crippen LogP contribution in [0.25, 0.3) is 0 Å². The van der Waals surface area contributed by atoms with Gasteiger partial charge in [-0.05, 0) is 31.2 Å². The van der Waals surface area contributed by atoms with E-state index in [9.17, 15) is 4.79 Å². The fourth-order valence-electron chi connectivity index (χ4n) is 2.17. The highest BCUT2D eigenvalue weighted by Crippen LogP contribution is 2.15. The van der Waals surface area contributed by atoms with Gasteiger partial charge in [-0.2, -0.15) is 5.26 Å². The van der Waals surface area contributed by atoms with E-state index in [0.29, 0.717) is 30.1 Å². The Morgan fingerprint density at radius 3 is 2.74 bits per heavy atom. The zero-order valence-corrected chi connectivity index (χ0v) is 11.4. The summed E-state index contributed by atoms with van der Waals surface area (Å²) in [4.78, 5) is 14.1. The molecular formula is C14H15ClN2O2. The fourth-order valence-corrected chi connectivity index (χ4v) is 2.34. The summed E-state index contributed by atoms with van der Waals surface area (Å²) < 4.78 is 5.62. The van der Waals surface area contributed by atoms with Crippen molar-refractivity contribution in [1.82, 2.24) is 4.90 Å². The number of nitrogens with zero attached hydrogens (tertiary/aromatic N) is 2. The number of hydrogen-bond acceptors (Lipinski definition) is 3. The standard InChI is InChI=1S/C14H15ClN2O2/c1-10-8-17(9-13(6-15)19-10)14(18)12-4-2-11(7-16)3-5-12/h2-5,10,13H,6,8-9H2,1H3. The highest BCUT2D eigenvalue weighted by molar-refractivity contribution is 6.18. The summed E-state index contributed by atoms with van der Waals surface area (Å²) in [6.07, 6.45) is -0.132. The third-order valence-corrected chi connectivity index (χ3v) is 3.39. The molecule has 0 aromatic heterocycles. The Bertz CT molecular complexity index is 495. The first-order valence-electron chi connectivity index (χ1n) is 6.15. The Balaban J connectivity index is 2.11. The molecule has 5 heteroatoms. The first kappa shape index (κ1) is 13.9. The molecule has 1 aliphatic heterocycles. The molecule has 1 aliphatic rings. The number of nitriles is 1. The molecule has 1 saturated heterocycles. The van der Waals surface area contributed by atoms with E-state index < -0.39 is 0 Å². The van der Waals surface area contributed by atoms with Crippen molar-refractivity contribution in [2.24, 2.45) is 0 Å². The molecule has 0 aliphatic carbocycles. The molecule has 0 bridgehead atoms. The Labute approximate surface area is 117 Å². The van der Waals surface area contributed by atoms with Crippen LogP contribution in [0.4, 0.5) is 0 Å². The van der Waals surface area contributed by atoms with E-state index in [0.717, 1.165) is 0 Å². The van der Waals surface area contributed by atoms with Crippen molar-refractivity contribution in [3.8, 4) is 6.07 Å². The zero-order chi connectivity index (χ0) is 13.8. The number of hydrogen-bond donors (Lipinski definition) is 0. The van der Waals surface area contributed by atoms with Gasteiger partial charge in [-0.1, -0.05) is 0 Å². The number of carbonyl (C=O) groups is 1. The minimum absolute atomic E-state index is 0.0140. The molecule has 1 fully saturated rings. The minimum atomic E-state index is -0.118. The van der Waals surface area contributed by atoms with Gasteiger partial charge >= 0.3 is 0 Å². The summed E-state index contributed by atoms with van der Waals surface area (Å²) >= 11 is 5.80. The van der Waals surface area contributed by atoms with Crippen LogP contribution in [0, 0.1) is 11.3 Å². The summed E-state index contributed by atoms with van der Waals surface area (Å²) in [6.45, 7) is 3.00. The van der Waals surface area contributed by atoms with Crippen LogP contribution in [0.5, 0.6) is 0 Å². The Morgan fingerprint density at radius 2 is 2.16 bits per heavy atom. The lowest BCUT2D eigenvalue weighted by Crippen LogP contribution is -2.49. The molecule has 19 heavy (non-hydrogen) atoms. The average Bonchev–Trinajstić information content (AvgIpc) is 2.46. The third kappa shape index (κ3) is 3.25. The normalized spacial score (nSPS) is 22.9. The lowest BCUT2D eigenvalue weighted by Gasteiger charge is -2.36. The van der Waals surface area contributed by atoms with Crippen molar-refractivity contribution in [2.45, 2.75) is 19.1 Å². The molecule has 0 spiro atoms. The van der Waals surface area contributed by atoms with Gasteiger partial charge in [0.1, 0.15) is 0 Å². The van der Waals surface area contributed by atoms with Gasteiger partial charge in [0.15, 0.2) is 0 Å². The summed E-state index contributed by atoms with van der Waals surface area (Å²) in [6, 6.07) is 8.69. The van der Waals surface area contributed by atoms with Gasteiger partial charge in [-0.25, -0.2) is 0 Å². The second-order valence-corrected chi connectivity index (χ2v) is 4.93. The molecule has 0 N–H and O–H groups in total. The summed E-state index contributed by atoms with van der Waals surface area (Å²) in [5.74, 6) is 0.330. The van der Waals surface area contributed by atoms with E-state index >= 15 is 0 Å². The van der Waals surface area contributed by atoms with Gasteiger partial charge in [0.25, 0.3) is 5.91 Å². The predicted molar refractivity (Wildman–Crippen MR) is 72.1 cm³/mol. The summed E-state index contributed by atoms with van der Waals surface area (Å²) in [5, 5.41) is 8.74. The van der Waals surface area contributed by atoms with Crippen molar-refractivity contribution in [1.29, 1.82) is 5.26 Å². The van der Waals surface area contributed by atoms with Crippen molar-refractivity contribution >= 4 is 17.5 Å². The van der Waals surface area contributed by atoms with Crippen LogP contribution < -0.4 is 0 Å². The SMILES string of the molecule is CC1CN(C(=O)c2ccc(C#N)cc2)CC(CCl)O1. The quantitative estimate of drug-likeness (QED) is 0.778. The Morgan fingerprint density at radius 1 is 1.47 bits per heavy atom. The van der Waals surface area contributed by atoms with Crippen molar-refractivity contribution in [3.05, 3.63) is 35.4 Å². The van der Waals surface area contributed by atoms with Crippen LogP contribution in [-0.2, 0) is 4.74 Å². The van der Waals surface area contributed by atoms with Gasteiger partial charge in [-0.3, -0.25) is 4.79 Å². The molecule has 2 rings (SSSR count). The second-order valence-electron chi connectivity index (χ2n) is 4.62. The van der Waals surface area contributed by atoms with Crippen LogP contribution in [0.3, 0.4) is 0 Å². The maximum atomic E-state index is 12.4. The maximum absolute atomic E-state index is 12.4. The number of benzene rings is 1. The average molecular weight is 279 g/mol. The van der Waals surface area contributed by atoms with E-state index in [1.54, 1.807) is 29.2 Å². The van der Waals surface area contributed by atoms with Crippen molar-refractivity contribution < 1.29 is 9.53 Å². The van der Waals surface area contributed by atoms with E-state index in [1.165, 1.54) is 0 Å². The fraction of sp³-hybridized carbons (Fsp3) is 0.429. The summed E-state index contributed by atoms with van der Waals surface area (Å²) in [5.41, 5.74) is 1.13. The molecule has 2 unspecified atom stereocenters. The number of halogens is 1. The topological polar surface area (TPSA) is 53.3 Å². The highest BCUT2D eigenvalue weighted by Gasteiger charge is 2.28. The third-order valence-electron chi connectivity index (χ3n) is 3.05. The zero-order valence-electron chi connectivity index (χ0n) is 10.7. The van der Waals surface area contributed by atoms with Gasteiger partial charge in [0, 0.05) is 18.7 Å². The van der Waals surface area contributed by atoms with Gasteiger partial charge in [0.2, 0.25) is 0 Å². The molecule has 1 aromatic rings. The van der Waals surface area contributed by atoms with E-state index in [-0.39, 0.29) is 18.1 Å². The first-order chi connectivity index (χ1) is 9.13. The lowest BCUT2D eigenvalue weighted by molar-refractivity contribution is -0.0570. The Hall–Kier alpha value is -1.57. The molecule has 2 atom stereocenters. The van der Waals surface area contributed by atoms with Crippen LogP contribution in [0.15, 0.2) is 24.3 Å². The van der Waals surface area contributed by atoms with E-state index in [2.05, 4.69) is 0 Å². The van der Waals surface area contributed by atoms with Crippen LogP contribution in [0.2, 0.25) is 0 Å². The lowest BCUT2D eigenvalue weighted by atomic mass is 10.1. The largest absolute Gasteiger partial charge is 0.370 e. The minimum Gasteiger partial charge on any atom is -0.370 e. The van der Waals surface area contributed by atoms with Crippen molar-refractivity contribution in [3.63, 3.8) is 0 Å². The van der Waals surface area contributed by atoms with Crippen LogP contribution in [0.1, 0.15) is 22.8 Å². The van der Waals surface area contributed by atoms with Gasteiger partial charge in [-0.15, -0.1) is 11.6 Å². The Kier molecular flexibility index (Phi) is 4.41. The number of amides is 1. The predicted octanol–water partition coefficient (Wildman–Crippen LogP) is 2.03. The molecule has 100 valence electrons. The number of morpholine rings is 1. The summed E-state index contributed by atoms with van der Waals surface area (Å²) in [7, 11) is 0. The molecule has 1 aromatic carbocycles. The molecule has 0 radical (unpaired) electrons. The molecular weight excluding hydrogens is 264 g/mol. The molecule has 4 nitrogen and oxygen atoms in total. The smallest absolute Gasteiger partial charge is 0.254 e. The van der Waals surface area contributed by atoms with Crippen molar-refractivity contribution in [2.75, 3.05) is 19.0 Å². The number of alkyl halides is 1. The van der Waals surface area contributed by atoms with E-state index in [4.69, 9.17) is 21.6 Å². The second kappa shape index (κ2) is 6.05.